The van der Waals surface area contributed by atoms with E-state index in [0.29, 0.717) is 22.3 Å². The number of nitriles is 1. The van der Waals surface area contributed by atoms with Crippen LogP contribution in [0.5, 0.6) is 0 Å². The van der Waals surface area contributed by atoms with E-state index in [9.17, 15) is 36.0 Å². The van der Waals surface area contributed by atoms with Crippen molar-refractivity contribution in [2.45, 2.75) is 36.4 Å². The molecule has 5 rings (SSSR count). The molecule has 2 aliphatic rings. The number of Topliss-reactive ketones (excluding diaryl/α,β-unsaturated/α-hetero) is 1. The maximum atomic E-state index is 13.3. The summed E-state index contributed by atoms with van der Waals surface area (Å²) in [6, 6.07) is 10.3. The van der Waals surface area contributed by atoms with Crippen molar-refractivity contribution < 1.29 is 30.8 Å². The van der Waals surface area contributed by atoms with Gasteiger partial charge in [0.1, 0.15) is 5.82 Å². The summed E-state index contributed by atoms with van der Waals surface area (Å²) in [7, 11) is -4.01. The third kappa shape index (κ3) is 4.91. The first-order chi connectivity index (χ1) is 18.0. The average Bonchev–Trinajstić information content (AvgIpc) is 3.55. The molecule has 2 fully saturated rings. The number of carbonyl (C=O) groups excluding carboxylic acids is 1. The molecule has 1 saturated heterocycles. The Balaban J connectivity index is 1.35. The predicted octanol–water partition coefficient (Wildman–Crippen LogP) is 4.38. The SMILES string of the molecule is N#Cc1ccc(-c2cnc(C(F)(F)F)nc2)cc1CCC(=O)[C@@H]1[C@H]2C[C@H]2CN1S(=O)(=O)c1ccc(F)cc1. The van der Waals surface area contributed by atoms with Crippen molar-refractivity contribution in [3.8, 4) is 17.2 Å². The summed E-state index contributed by atoms with van der Waals surface area (Å²) in [4.78, 5) is 19.9. The van der Waals surface area contributed by atoms with Crippen LogP contribution in [0.4, 0.5) is 17.6 Å². The molecule has 12 heteroatoms. The minimum Gasteiger partial charge on any atom is -0.298 e. The van der Waals surface area contributed by atoms with E-state index in [1.54, 1.807) is 12.1 Å². The Labute approximate surface area is 215 Å². The number of rotatable bonds is 7. The molecule has 3 aromatic rings. The number of fused-ring (bicyclic) bond motifs is 1. The Morgan fingerprint density at radius 2 is 1.76 bits per heavy atom. The lowest BCUT2D eigenvalue weighted by Gasteiger charge is -2.26. The Bertz CT molecular complexity index is 1530. The predicted molar refractivity (Wildman–Crippen MR) is 126 cm³/mol. The molecule has 1 aliphatic heterocycles. The van der Waals surface area contributed by atoms with E-state index < -0.39 is 33.9 Å². The molecule has 7 nitrogen and oxygen atoms in total. The normalized spacial score (nSPS) is 21.1. The summed E-state index contributed by atoms with van der Waals surface area (Å²) in [5.41, 5.74) is 1.57. The van der Waals surface area contributed by atoms with Crippen molar-refractivity contribution in [1.82, 2.24) is 14.3 Å². The lowest BCUT2D eigenvalue weighted by atomic mass is 9.95. The van der Waals surface area contributed by atoms with Gasteiger partial charge in [-0.2, -0.15) is 22.7 Å². The topological polar surface area (TPSA) is 104 Å². The first-order valence-corrected chi connectivity index (χ1v) is 13.2. The van der Waals surface area contributed by atoms with Gasteiger partial charge in [-0.15, -0.1) is 0 Å². The van der Waals surface area contributed by atoms with Gasteiger partial charge in [-0.1, -0.05) is 6.07 Å². The van der Waals surface area contributed by atoms with Gasteiger partial charge in [0.25, 0.3) is 0 Å². The van der Waals surface area contributed by atoms with Crippen molar-refractivity contribution in [3.63, 3.8) is 0 Å². The number of carbonyl (C=O) groups is 1. The maximum Gasteiger partial charge on any atom is 0.451 e. The van der Waals surface area contributed by atoms with Gasteiger partial charge in [-0.05, 0) is 72.2 Å². The van der Waals surface area contributed by atoms with Crippen LogP contribution in [0.15, 0.2) is 59.8 Å². The summed E-state index contributed by atoms with van der Waals surface area (Å²) in [5, 5.41) is 9.53. The average molecular weight is 545 g/mol. The fraction of sp³-hybridized carbons (Fsp3) is 0.308. The quantitative estimate of drug-likeness (QED) is 0.409. The van der Waals surface area contributed by atoms with Gasteiger partial charge in [0.15, 0.2) is 5.78 Å². The first kappa shape index (κ1) is 25.9. The van der Waals surface area contributed by atoms with Crippen LogP contribution in [0.25, 0.3) is 11.1 Å². The van der Waals surface area contributed by atoms with E-state index in [1.807, 2.05) is 6.07 Å². The second kappa shape index (κ2) is 9.56. The number of ketones is 1. The Hall–Kier alpha value is -3.69. The number of benzene rings is 2. The van der Waals surface area contributed by atoms with Crippen LogP contribution in [-0.2, 0) is 27.4 Å². The van der Waals surface area contributed by atoms with Crippen molar-refractivity contribution in [1.29, 1.82) is 5.26 Å². The number of piperidine rings is 1. The van der Waals surface area contributed by atoms with E-state index >= 15 is 0 Å². The number of nitrogens with zero attached hydrogens (tertiary/aromatic N) is 4. The van der Waals surface area contributed by atoms with Gasteiger partial charge in [0.2, 0.25) is 15.8 Å². The fourth-order valence-corrected chi connectivity index (χ4v) is 6.64. The van der Waals surface area contributed by atoms with Crippen LogP contribution >= 0.6 is 0 Å². The molecule has 0 radical (unpaired) electrons. The van der Waals surface area contributed by atoms with Gasteiger partial charge in [-0.3, -0.25) is 4.79 Å². The molecule has 0 N–H and O–H groups in total. The van der Waals surface area contributed by atoms with E-state index in [2.05, 4.69) is 9.97 Å². The molecule has 196 valence electrons. The number of aromatic nitrogens is 2. The zero-order chi connectivity index (χ0) is 27.2. The highest BCUT2D eigenvalue weighted by Gasteiger charge is 2.58. The summed E-state index contributed by atoms with van der Waals surface area (Å²) in [5.74, 6) is -2.11. The standard InChI is InChI=1S/C26H20F4N4O3S/c27-20-4-6-21(7-5-20)38(36,37)34-14-18-10-22(18)24(34)23(35)8-3-15-9-16(1-2-17(15)11-31)19-12-32-25(33-13-19)26(28,29)30/h1-2,4-7,9,12-13,18,22,24H,3,8,10,14H2/t18-,22-,24-/m0/s1. The van der Waals surface area contributed by atoms with E-state index in [1.165, 1.54) is 22.5 Å². The van der Waals surface area contributed by atoms with E-state index in [0.717, 1.165) is 30.9 Å². The molecule has 0 bridgehead atoms. The van der Waals surface area contributed by atoms with Gasteiger partial charge in [0, 0.05) is 30.9 Å². The fourth-order valence-electron chi connectivity index (χ4n) is 4.93. The van der Waals surface area contributed by atoms with Gasteiger partial charge in [0.05, 0.1) is 22.6 Å². The van der Waals surface area contributed by atoms with Gasteiger partial charge < -0.3 is 0 Å². The molecular formula is C26H20F4N4O3S. The van der Waals surface area contributed by atoms with Gasteiger partial charge in [-0.25, -0.2) is 22.8 Å². The lowest BCUT2D eigenvalue weighted by molar-refractivity contribution is -0.145. The highest BCUT2D eigenvalue weighted by atomic mass is 32.2. The minimum absolute atomic E-state index is 0.0367. The summed E-state index contributed by atoms with van der Waals surface area (Å²) in [6.07, 6.45) is -1.75. The molecule has 1 aromatic heterocycles. The monoisotopic (exact) mass is 544 g/mol. The number of hydrogen-bond donors (Lipinski definition) is 0. The van der Waals surface area contributed by atoms with Crippen LogP contribution in [0, 0.1) is 29.0 Å². The number of aryl methyl sites for hydroxylation is 1. The zero-order valence-electron chi connectivity index (χ0n) is 19.7. The lowest BCUT2D eigenvalue weighted by Crippen LogP contribution is -2.43. The minimum atomic E-state index is -4.67. The highest BCUT2D eigenvalue weighted by Crippen LogP contribution is 2.51. The molecular weight excluding hydrogens is 524 g/mol. The second-order valence-corrected chi connectivity index (χ2v) is 11.3. The molecule has 1 aliphatic carbocycles. The Morgan fingerprint density at radius 1 is 1.08 bits per heavy atom. The molecule has 0 amide bonds. The van der Waals surface area contributed by atoms with Crippen LogP contribution in [0.3, 0.4) is 0 Å². The largest absolute Gasteiger partial charge is 0.451 e. The third-order valence-electron chi connectivity index (χ3n) is 6.96. The molecule has 0 spiro atoms. The number of alkyl halides is 3. The molecule has 1 saturated carbocycles. The Morgan fingerprint density at radius 3 is 2.39 bits per heavy atom. The molecule has 0 unspecified atom stereocenters. The highest BCUT2D eigenvalue weighted by molar-refractivity contribution is 7.89. The number of sulfonamides is 1. The van der Waals surface area contributed by atoms with Crippen LogP contribution < -0.4 is 0 Å². The van der Waals surface area contributed by atoms with Gasteiger partial charge >= 0.3 is 6.18 Å². The third-order valence-corrected chi connectivity index (χ3v) is 8.82. The van der Waals surface area contributed by atoms with Crippen LogP contribution in [0.1, 0.15) is 29.8 Å². The second-order valence-electron chi connectivity index (χ2n) is 9.38. The van der Waals surface area contributed by atoms with Crippen molar-refractivity contribution in [2.24, 2.45) is 11.8 Å². The summed E-state index contributed by atoms with van der Waals surface area (Å²) >= 11 is 0. The maximum absolute atomic E-state index is 13.3. The summed E-state index contributed by atoms with van der Waals surface area (Å²) in [6.45, 7) is 0.216. The van der Waals surface area contributed by atoms with Crippen molar-refractivity contribution in [2.75, 3.05) is 6.54 Å². The molecule has 2 aromatic carbocycles. The van der Waals surface area contributed by atoms with Crippen LogP contribution in [0.2, 0.25) is 0 Å². The van der Waals surface area contributed by atoms with Crippen LogP contribution in [-0.4, -0.2) is 41.1 Å². The number of hydrogen-bond acceptors (Lipinski definition) is 6. The summed E-state index contributed by atoms with van der Waals surface area (Å²) < 4.78 is 79.3. The molecule has 2 heterocycles. The van der Waals surface area contributed by atoms with E-state index in [-0.39, 0.29) is 41.9 Å². The molecule has 3 atom stereocenters. The first-order valence-electron chi connectivity index (χ1n) is 11.7. The van der Waals surface area contributed by atoms with Crippen molar-refractivity contribution in [3.05, 3.63) is 77.6 Å². The zero-order valence-corrected chi connectivity index (χ0v) is 20.5. The number of halogens is 4. The Kier molecular flexibility index (Phi) is 6.53. The van der Waals surface area contributed by atoms with Crippen molar-refractivity contribution >= 4 is 15.8 Å². The smallest absolute Gasteiger partial charge is 0.298 e. The van der Waals surface area contributed by atoms with E-state index in [4.69, 9.17) is 0 Å². The molecule has 38 heavy (non-hydrogen) atoms.